The van der Waals surface area contributed by atoms with Crippen LogP contribution in [0.3, 0.4) is 0 Å². The molecule has 0 aliphatic carbocycles. The highest BCUT2D eigenvalue weighted by atomic mass is 16.6. The summed E-state index contributed by atoms with van der Waals surface area (Å²) in [6.07, 6.45) is 0. The number of nitrogens with one attached hydrogen (secondary N) is 2. The lowest BCUT2D eigenvalue weighted by Gasteiger charge is -2.35. The summed E-state index contributed by atoms with van der Waals surface area (Å²) in [5.41, 5.74) is 2.60. The number of rotatable bonds is 5. The lowest BCUT2D eigenvalue weighted by Crippen LogP contribution is -2.50. The summed E-state index contributed by atoms with van der Waals surface area (Å²) in [6, 6.07) is 10.2. The third-order valence-corrected chi connectivity index (χ3v) is 4.99. The van der Waals surface area contributed by atoms with Gasteiger partial charge in [0.1, 0.15) is 5.69 Å². The van der Waals surface area contributed by atoms with Crippen LogP contribution in [0, 0.1) is 10.1 Å². The van der Waals surface area contributed by atoms with E-state index in [1.807, 2.05) is 0 Å². The Morgan fingerprint density at radius 2 is 1.61 bits per heavy atom. The summed E-state index contributed by atoms with van der Waals surface area (Å²) < 4.78 is 0. The number of nitrogens with zero attached hydrogens (tertiary/aromatic N) is 3. The number of nitro benzene ring substituents is 1. The summed E-state index contributed by atoms with van der Waals surface area (Å²) >= 11 is 0. The molecular weight excluding hydrogens is 406 g/mol. The lowest BCUT2D eigenvalue weighted by molar-refractivity contribution is -0.384. The van der Waals surface area contributed by atoms with Crippen LogP contribution in [0.25, 0.3) is 0 Å². The first kappa shape index (κ1) is 21.7. The van der Waals surface area contributed by atoms with E-state index in [1.54, 1.807) is 34.1 Å². The number of ketones is 1. The Morgan fingerprint density at radius 3 is 2.16 bits per heavy atom. The van der Waals surface area contributed by atoms with Gasteiger partial charge in [-0.2, -0.15) is 0 Å². The zero-order valence-electron chi connectivity index (χ0n) is 16.7. The molecule has 1 saturated heterocycles. The zero-order chi connectivity index (χ0) is 22.5. The van der Waals surface area contributed by atoms with Crippen molar-refractivity contribution in [3.63, 3.8) is 0 Å². The fraction of sp³-hybridized carbons (Fsp3) is 0.250. The van der Waals surface area contributed by atoms with Gasteiger partial charge in [-0.1, -0.05) is 0 Å². The Morgan fingerprint density at radius 1 is 1.00 bits per heavy atom. The van der Waals surface area contributed by atoms with Gasteiger partial charge in [0.05, 0.1) is 4.92 Å². The second kappa shape index (κ2) is 9.22. The van der Waals surface area contributed by atoms with E-state index >= 15 is 0 Å². The monoisotopic (exact) mass is 427 g/mol. The predicted molar refractivity (Wildman–Crippen MR) is 112 cm³/mol. The van der Waals surface area contributed by atoms with Crippen molar-refractivity contribution in [3.8, 4) is 0 Å². The Kier molecular flexibility index (Phi) is 6.46. The summed E-state index contributed by atoms with van der Waals surface area (Å²) in [5, 5.41) is 22.9. The van der Waals surface area contributed by atoms with E-state index in [1.165, 1.54) is 24.5 Å². The second-order valence-corrected chi connectivity index (χ2v) is 6.94. The molecule has 0 aromatic heterocycles. The molecule has 3 rings (SSSR count). The lowest BCUT2D eigenvalue weighted by atomic mass is 10.1. The first-order valence-electron chi connectivity index (χ1n) is 9.45. The number of benzene rings is 2. The quantitative estimate of drug-likeness (QED) is 0.287. The van der Waals surface area contributed by atoms with Crippen molar-refractivity contribution < 1.29 is 24.5 Å². The number of urea groups is 1. The van der Waals surface area contributed by atoms with Crippen LogP contribution in [0.15, 0.2) is 42.5 Å². The SMILES string of the molecule is CC(=O)c1ccc(NC(=O)N2CCN(c3ccc(C(=O)NO)cc3[N+](=O)[O-])CC2)cc1. The highest BCUT2D eigenvalue weighted by molar-refractivity contribution is 5.96. The number of amides is 3. The minimum atomic E-state index is -0.840. The minimum absolute atomic E-state index is 0.0354. The number of Topliss-reactive ketones (excluding diaryl/α,β-unsaturated/α-hetero) is 1. The maximum atomic E-state index is 12.5. The molecule has 3 amide bonds. The van der Waals surface area contributed by atoms with E-state index in [2.05, 4.69) is 5.32 Å². The number of carbonyl (C=O) groups is 3. The van der Waals surface area contributed by atoms with Gasteiger partial charge < -0.3 is 15.1 Å². The van der Waals surface area contributed by atoms with E-state index < -0.39 is 10.8 Å². The number of hydrogen-bond acceptors (Lipinski definition) is 7. The summed E-state index contributed by atoms with van der Waals surface area (Å²) in [7, 11) is 0. The number of hydrogen-bond donors (Lipinski definition) is 3. The predicted octanol–water partition coefficient (Wildman–Crippen LogP) is 2.27. The Bertz CT molecular complexity index is 1020. The Labute approximate surface area is 177 Å². The summed E-state index contributed by atoms with van der Waals surface area (Å²) in [6.45, 7) is 2.87. The van der Waals surface area contributed by atoms with Gasteiger partial charge >= 0.3 is 6.03 Å². The molecule has 11 heteroatoms. The highest BCUT2D eigenvalue weighted by Gasteiger charge is 2.27. The highest BCUT2D eigenvalue weighted by Crippen LogP contribution is 2.30. The third-order valence-electron chi connectivity index (χ3n) is 4.99. The molecule has 0 spiro atoms. The van der Waals surface area contributed by atoms with E-state index in [0.717, 1.165) is 6.07 Å². The van der Waals surface area contributed by atoms with Crippen LogP contribution in [-0.4, -0.2) is 58.9 Å². The number of anilines is 2. The molecule has 0 unspecified atom stereocenters. The zero-order valence-corrected chi connectivity index (χ0v) is 16.7. The molecule has 11 nitrogen and oxygen atoms in total. The molecule has 162 valence electrons. The number of hydroxylamine groups is 1. The topological polar surface area (TPSA) is 145 Å². The molecule has 3 N–H and O–H groups in total. The van der Waals surface area contributed by atoms with E-state index in [4.69, 9.17) is 5.21 Å². The molecule has 0 saturated carbocycles. The van der Waals surface area contributed by atoms with E-state index in [9.17, 15) is 24.5 Å². The van der Waals surface area contributed by atoms with Gasteiger partial charge in [0, 0.05) is 49.1 Å². The minimum Gasteiger partial charge on any atom is -0.362 e. The van der Waals surface area contributed by atoms with Gasteiger partial charge in [-0.05, 0) is 43.3 Å². The standard InChI is InChI=1S/C20H21N5O6/c1-13(26)14-2-5-16(6-3-14)21-20(28)24-10-8-23(9-11-24)17-7-4-15(19(27)22-29)12-18(17)25(30)31/h2-7,12,29H,8-11H2,1H3,(H,21,28)(H,22,27). The van der Waals surface area contributed by atoms with Crippen LogP contribution < -0.4 is 15.7 Å². The van der Waals surface area contributed by atoms with Crippen molar-refractivity contribution in [2.45, 2.75) is 6.92 Å². The first-order valence-corrected chi connectivity index (χ1v) is 9.45. The van der Waals surface area contributed by atoms with Crippen molar-refractivity contribution in [1.29, 1.82) is 0 Å². The average molecular weight is 427 g/mol. The largest absolute Gasteiger partial charge is 0.362 e. The molecule has 0 bridgehead atoms. The van der Waals surface area contributed by atoms with Crippen LogP contribution >= 0.6 is 0 Å². The molecule has 1 aliphatic rings. The molecule has 0 radical (unpaired) electrons. The normalized spacial score (nSPS) is 13.5. The number of piperazine rings is 1. The maximum absolute atomic E-state index is 12.5. The van der Waals surface area contributed by atoms with Gasteiger partial charge in [-0.15, -0.1) is 0 Å². The molecule has 1 aliphatic heterocycles. The van der Waals surface area contributed by atoms with Gasteiger partial charge in [0.2, 0.25) is 0 Å². The van der Waals surface area contributed by atoms with Crippen molar-refractivity contribution in [1.82, 2.24) is 10.4 Å². The Hall–Kier alpha value is -3.99. The summed E-state index contributed by atoms with van der Waals surface area (Å²) in [5.74, 6) is -0.902. The van der Waals surface area contributed by atoms with E-state index in [0.29, 0.717) is 43.1 Å². The van der Waals surface area contributed by atoms with Crippen LogP contribution in [0.2, 0.25) is 0 Å². The van der Waals surface area contributed by atoms with Crippen molar-refractivity contribution in [3.05, 3.63) is 63.7 Å². The smallest absolute Gasteiger partial charge is 0.321 e. The molecular formula is C20H21N5O6. The number of nitro groups is 1. The first-order chi connectivity index (χ1) is 14.8. The van der Waals surface area contributed by atoms with Crippen LogP contribution in [0.4, 0.5) is 21.9 Å². The molecule has 2 aromatic carbocycles. The van der Waals surface area contributed by atoms with Gasteiger partial charge in [-0.25, -0.2) is 10.3 Å². The van der Waals surface area contributed by atoms with E-state index in [-0.39, 0.29) is 23.1 Å². The number of carbonyl (C=O) groups excluding carboxylic acids is 3. The second-order valence-electron chi connectivity index (χ2n) is 6.94. The summed E-state index contributed by atoms with van der Waals surface area (Å²) in [4.78, 5) is 49.6. The molecule has 1 fully saturated rings. The van der Waals surface area contributed by atoms with Gasteiger partial charge in [0.15, 0.2) is 5.78 Å². The fourth-order valence-corrected chi connectivity index (χ4v) is 3.28. The van der Waals surface area contributed by atoms with Crippen molar-refractivity contribution in [2.75, 3.05) is 36.4 Å². The molecule has 31 heavy (non-hydrogen) atoms. The maximum Gasteiger partial charge on any atom is 0.321 e. The fourth-order valence-electron chi connectivity index (χ4n) is 3.28. The van der Waals surface area contributed by atoms with Crippen LogP contribution in [0.5, 0.6) is 0 Å². The third kappa shape index (κ3) is 4.95. The van der Waals surface area contributed by atoms with Gasteiger partial charge in [0.25, 0.3) is 11.6 Å². The average Bonchev–Trinajstić information content (AvgIpc) is 2.78. The molecule has 2 aromatic rings. The van der Waals surface area contributed by atoms with Crippen molar-refractivity contribution in [2.24, 2.45) is 0 Å². The Balaban J connectivity index is 1.65. The van der Waals surface area contributed by atoms with Crippen LogP contribution in [0.1, 0.15) is 27.6 Å². The van der Waals surface area contributed by atoms with Gasteiger partial charge in [-0.3, -0.25) is 24.9 Å². The molecule has 0 atom stereocenters. The van der Waals surface area contributed by atoms with Crippen LogP contribution in [-0.2, 0) is 0 Å². The van der Waals surface area contributed by atoms with Crippen molar-refractivity contribution >= 4 is 34.8 Å². The molecule has 1 heterocycles.